The quantitative estimate of drug-likeness (QED) is 0.895. The van der Waals surface area contributed by atoms with Crippen LogP contribution in [-0.4, -0.2) is 35.8 Å². The molecule has 22 heavy (non-hydrogen) atoms. The zero-order valence-corrected chi connectivity index (χ0v) is 13.3. The second-order valence-electron chi connectivity index (χ2n) is 6.04. The molecule has 0 bridgehead atoms. The molecule has 0 saturated carbocycles. The van der Waals surface area contributed by atoms with E-state index in [1.165, 1.54) is 6.42 Å². The van der Waals surface area contributed by atoms with Crippen molar-refractivity contribution in [3.8, 4) is 0 Å². The lowest BCUT2D eigenvalue weighted by molar-refractivity contribution is -0.119. The van der Waals surface area contributed by atoms with Crippen LogP contribution in [0.3, 0.4) is 0 Å². The molecular formula is C17H25N3O2. The summed E-state index contributed by atoms with van der Waals surface area (Å²) in [6.45, 7) is 5.17. The Hall–Kier alpha value is -1.88. The highest BCUT2D eigenvalue weighted by Gasteiger charge is 2.23. The molecule has 1 fully saturated rings. The fraction of sp³-hybridized carbons (Fsp3) is 0.529. The molecule has 5 nitrogen and oxygen atoms in total. The van der Waals surface area contributed by atoms with Gasteiger partial charge in [-0.2, -0.15) is 0 Å². The van der Waals surface area contributed by atoms with Crippen molar-refractivity contribution in [1.82, 2.24) is 4.90 Å². The summed E-state index contributed by atoms with van der Waals surface area (Å²) in [6, 6.07) is 6.94. The normalized spacial score (nSPS) is 17.7. The Morgan fingerprint density at radius 2 is 1.77 bits per heavy atom. The van der Waals surface area contributed by atoms with Crippen LogP contribution in [0.5, 0.6) is 0 Å². The fourth-order valence-corrected chi connectivity index (χ4v) is 2.53. The van der Waals surface area contributed by atoms with Crippen LogP contribution in [0, 0.1) is 5.92 Å². The third-order valence-corrected chi connectivity index (χ3v) is 4.26. The molecular weight excluding hydrogens is 278 g/mol. The number of hydrogen-bond donors (Lipinski definition) is 2. The number of nitrogens with one attached hydrogen (secondary N) is 1. The van der Waals surface area contributed by atoms with Crippen LogP contribution in [0.15, 0.2) is 24.3 Å². The van der Waals surface area contributed by atoms with Crippen molar-refractivity contribution >= 4 is 17.5 Å². The molecule has 120 valence electrons. The lowest BCUT2D eigenvalue weighted by atomic mass is 10.0. The smallest absolute Gasteiger partial charge is 0.255 e. The first-order valence-corrected chi connectivity index (χ1v) is 7.95. The molecule has 2 atom stereocenters. The van der Waals surface area contributed by atoms with E-state index in [0.717, 1.165) is 25.9 Å². The minimum atomic E-state index is -0.307. The molecule has 1 aliphatic heterocycles. The summed E-state index contributed by atoms with van der Waals surface area (Å²) in [4.78, 5) is 26.7. The van der Waals surface area contributed by atoms with E-state index in [9.17, 15) is 9.59 Å². The van der Waals surface area contributed by atoms with E-state index < -0.39 is 0 Å². The number of nitrogens with two attached hydrogens (primary N) is 1. The number of anilines is 1. The molecule has 1 aromatic carbocycles. The molecule has 0 aliphatic carbocycles. The SMILES string of the molecule is CC(N)C(C)C(=O)Nc1ccccc1C(=O)N1CCCCC1. The highest BCUT2D eigenvalue weighted by Crippen LogP contribution is 2.20. The molecule has 0 radical (unpaired) electrons. The summed E-state index contributed by atoms with van der Waals surface area (Å²) in [6.07, 6.45) is 3.26. The zero-order valence-electron chi connectivity index (χ0n) is 13.3. The van der Waals surface area contributed by atoms with Crippen molar-refractivity contribution in [1.29, 1.82) is 0 Å². The highest BCUT2D eigenvalue weighted by atomic mass is 16.2. The van der Waals surface area contributed by atoms with Gasteiger partial charge in [0.15, 0.2) is 0 Å². The van der Waals surface area contributed by atoms with Crippen LogP contribution in [0.1, 0.15) is 43.5 Å². The number of para-hydroxylation sites is 1. The van der Waals surface area contributed by atoms with Gasteiger partial charge in [-0.25, -0.2) is 0 Å². The van der Waals surface area contributed by atoms with E-state index in [2.05, 4.69) is 5.32 Å². The van der Waals surface area contributed by atoms with E-state index in [0.29, 0.717) is 11.3 Å². The standard InChI is InChI=1S/C17H25N3O2/c1-12(13(2)18)16(21)19-15-9-5-4-8-14(15)17(22)20-10-6-3-7-11-20/h4-5,8-9,12-13H,3,6-7,10-11,18H2,1-2H3,(H,19,21). The number of piperidine rings is 1. The lowest BCUT2D eigenvalue weighted by Gasteiger charge is -2.27. The Kier molecular flexibility index (Phi) is 5.55. The molecule has 1 aromatic rings. The summed E-state index contributed by atoms with van der Waals surface area (Å²) in [5.74, 6) is -0.476. The summed E-state index contributed by atoms with van der Waals surface area (Å²) in [7, 11) is 0. The predicted molar refractivity (Wildman–Crippen MR) is 87.6 cm³/mol. The van der Waals surface area contributed by atoms with E-state index in [1.54, 1.807) is 26.0 Å². The van der Waals surface area contributed by atoms with Gasteiger partial charge < -0.3 is 16.0 Å². The second kappa shape index (κ2) is 7.40. The number of carbonyl (C=O) groups excluding carboxylic acids is 2. The van der Waals surface area contributed by atoms with Crippen molar-refractivity contribution in [2.24, 2.45) is 11.7 Å². The number of likely N-dealkylation sites (tertiary alicyclic amines) is 1. The number of benzene rings is 1. The Morgan fingerprint density at radius 3 is 2.41 bits per heavy atom. The largest absolute Gasteiger partial charge is 0.339 e. The van der Waals surface area contributed by atoms with Gasteiger partial charge >= 0.3 is 0 Å². The van der Waals surface area contributed by atoms with Crippen LogP contribution in [0.4, 0.5) is 5.69 Å². The molecule has 0 aromatic heterocycles. The van der Waals surface area contributed by atoms with Crippen molar-refractivity contribution in [2.75, 3.05) is 18.4 Å². The van der Waals surface area contributed by atoms with Gasteiger partial charge in [-0.15, -0.1) is 0 Å². The highest BCUT2D eigenvalue weighted by molar-refractivity contribution is 6.04. The molecule has 2 rings (SSSR count). The van der Waals surface area contributed by atoms with Crippen molar-refractivity contribution in [2.45, 2.75) is 39.2 Å². The fourth-order valence-electron chi connectivity index (χ4n) is 2.53. The third kappa shape index (κ3) is 3.85. The Labute approximate surface area is 131 Å². The monoisotopic (exact) mass is 303 g/mol. The Balaban J connectivity index is 2.16. The van der Waals surface area contributed by atoms with Gasteiger partial charge in [0.25, 0.3) is 5.91 Å². The Morgan fingerprint density at radius 1 is 1.14 bits per heavy atom. The van der Waals surface area contributed by atoms with E-state index in [4.69, 9.17) is 5.73 Å². The maximum atomic E-state index is 12.7. The van der Waals surface area contributed by atoms with E-state index in [1.807, 2.05) is 17.0 Å². The van der Waals surface area contributed by atoms with Gasteiger partial charge in [-0.3, -0.25) is 9.59 Å². The third-order valence-electron chi connectivity index (χ3n) is 4.26. The van der Waals surface area contributed by atoms with Crippen LogP contribution in [-0.2, 0) is 4.79 Å². The first-order valence-electron chi connectivity index (χ1n) is 7.95. The van der Waals surface area contributed by atoms with Crippen LogP contribution >= 0.6 is 0 Å². The topological polar surface area (TPSA) is 75.4 Å². The molecule has 1 aliphatic rings. The van der Waals surface area contributed by atoms with Crippen molar-refractivity contribution in [3.63, 3.8) is 0 Å². The molecule has 2 unspecified atom stereocenters. The maximum absolute atomic E-state index is 12.7. The molecule has 5 heteroatoms. The zero-order chi connectivity index (χ0) is 16.1. The van der Waals surface area contributed by atoms with Crippen molar-refractivity contribution < 1.29 is 9.59 Å². The Bertz CT molecular complexity index is 536. The molecule has 2 amide bonds. The maximum Gasteiger partial charge on any atom is 0.255 e. The summed E-state index contributed by atoms with van der Waals surface area (Å²) < 4.78 is 0. The van der Waals surface area contributed by atoms with Crippen LogP contribution in [0.2, 0.25) is 0 Å². The predicted octanol–water partition coefficient (Wildman–Crippen LogP) is 2.23. The second-order valence-corrected chi connectivity index (χ2v) is 6.04. The molecule has 3 N–H and O–H groups in total. The average Bonchev–Trinajstić information content (AvgIpc) is 2.54. The van der Waals surface area contributed by atoms with Crippen LogP contribution in [0.25, 0.3) is 0 Å². The molecule has 1 saturated heterocycles. The van der Waals surface area contributed by atoms with Crippen molar-refractivity contribution in [3.05, 3.63) is 29.8 Å². The lowest BCUT2D eigenvalue weighted by Crippen LogP contribution is -2.37. The summed E-state index contributed by atoms with van der Waals surface area (Å²) in [5, 5.41) is 2.85. The van der Waals surface area contributed by atoms with Gasteiger partial charge in [0, 0.05) is 19.1 Å². The number of amides is 2. The van der Waals surface area contributed by atoms with Gasteiger partial charge in [0.1, 0.15) is 0 Å². The summed E-state index contributed by atoms with van der Waals surface area (Å²) in [5.41, 5.74) is 6.89. The first-order chi connectivity index (χ1) is 10.5. The van der Waals surface area contributed by atoms with Gasteiger partial charge in [0.05, 0.1) is 17.2 Å². The first kappa shape index (κ1) is 16.5. The number of nitrogens with zero attached hydrogens (tertiary/aromatic N) is 1. The minimum absolute atomic E-state index is 0.0101. The number of hydrogen-bond acceptors (Lipinski definition) is 3. The number of rotatable bonds is 4. The van der Waals surface area contributed by atoms with Gasteiger partial charge in [0.2, 0.25) is 5.91 Å². The van der Waals surface area contributed by atoms with E-state index >= 15 is 0 Å². The molecule has 1 heterocycles. The average molecular weight is 303 g/mol. The van der Waals surface area contributed by atoms with Gasteiger partial charge in [-0.05, 0) is 38.3 Å². The van der Waals surface area contributed by atoms with Gasteiger partial charge in [-0.1, -0.05) is 19.1 Å². The minimum Gasteiger partial charge on any atom is -0.339 e. The number of carbonyl (C=O) groups is 2. The summed E-state index contributed by atoms with van der Waals surface area (Å²) >= 11 is 0. The molecule has 0 spiro atoms. The van der Waals surface area contributed by atoms with E-state index in [-0.39, 0.29) is 23.8 Å². The van der Waals surface area contributed by atoms with Crippen LogP contribution < -0.4 is 11.1 Å².